The molecular formula is C9H20OSi. The molecule has 0 aliphatic carbocycles. The molecule has 0 radical (unpaired) electrons. The Labute approximate surface area is 74.4 Å². The molecule has 0 bridgehead atoms. The lowest BCUT2D eigenvalue weighted by Gasteiger charge is -2.35. The van der Waals surface area contributed by atoms with Crippen molar-refractivity contribution in [3.05, 3.63) is 12.6 Å². The fourth-order valence-corrected chi connectivity index (χ4v) is 1.32. The van der Waals surface area contributed by atoms with Crippen molar-refractivity contribution in [3.8, 4) is 0 Å². The maximum absolute atomic E-state index is 7.28. The average Bonchev–Trinajstić information content (AvgIpc) is 1.98. The van der Waals surface area contributed by atoms with E-state index in [1.54, 1.807) is 0 Å². The van der Waals surface area contributed by atoms with Gasteiger partial charge in [0.25, 0.3) is 0 Å². The van der Waals surface area contributed by atoms with Crippen LogP contribution in [0.5, 0.6) is 0 Å². The molecule has 0 aromatic rings. The Morgan fingerprint density at radius 1 is 1.64 bits per heavy atom. The second-order valence-electron chi connectivity index (χ2n) is 4.25. The zero-order chi connectivity index (χ0) is 10.7. The van der Waals surface area contributed by atoms with Crippen molar-refractivity contribution < 1.29 is 7.17 Å². The predicted octanol–water partition coefficient (Wildman–Crippen LogP) is 3.19. The van der Waals surface area contributed by atoms with Gasteiger partial charge in [-0.3, -0.25) is 0 Å². The predicted molar refractivity (Wildman–Crippen MR) is 53.3 cm³/mol. The maximum Gasteiger partial charge on any atom is 0.192 e. The summed E-state index contributed by atoms with van der Waals surface area (Å²) < 4.78 is 19.8. The first-order valence-electron chi connectivity index (χ1n) is 4.96. The van der Waals surface area contributed by atoms with E-state index < -0.39 is 8.32 Å². The van der Waals surface area contributed by atoms with Crippen LogP contribution in [0.1, 0.15) is 23.5 Å². The molecule has 0 heterocycles. The maximum atomic E-state index is 7.28. The molecule has 0 aliphatic heterocycles. The zero-order valence-corrected chi connectivity index (χ0v) is 9.19. The quantitative estimate of drug-likeness (QED) is 0.471. The van der Waals surface area contributed by atoms with Crippen LogP contribution < -0.4 is 0 Å². The molecule has 0 N–H and O–H groups in total. The minimum Gasteiger partial charge on any atom is -0.413 e. The van der Waals surface area contributed by atoms with Crippen LogP contribution in [0.25, 0.3) is 0 Å². The van der Waals surface area contributed by atoms with E-state index >= 15 is 0 Å². The minimum absolute atomic E-state index is 0.176. The van der Waals surface area contributed by atoms with E-state index in [1.165, 1.54) is 0 Å². The van der Waals surface area contributed by atoms with E-state index in [-0.39, 0.29) is 17.7 Å². The molecule has 66 valence electrons. The number of rotatable bonds is 3. The monoisotopic (exact) mass is 174 g/mol. The van der Waals surface area contributed by atoms with Crippen molar-refractivity contribution in [2.75, 3.05) is 6.61 Å². The van der Waals surface area contributed by atoms with Gasteiger partial charge in [-0.15, -0.1) is 6.55 Å². The van der Waals surface area contributed by atoms with Crippen LogP contribution in [0.3, 0.4) is 0 Å². The first-order chi connectivity index (χ1) is 5.70. The molecule has 0 spiro atoms. The van der Waals surface area contributed by atoms with E-state index in [1.807, 2.05) is 0 Å². The molecular weight excluding hydrogens is 152 g/mol. The second-order valence-corrected chi connectivity index (χ2v) is 9.06. The highest BCUT2D eigenvalue weighted by Crippen LogP contribution is 2.36. The first kappa shape index (κ1) is 7.56. The Bertz CT molecular complexity index is 194. The summed E-state index contributed by atoms with van der Waals surface area (Å²) in [6.45, 7) is 12.1. The highest BCUT2D eigenvalue weighted by atomic mass is 28.4. The summed E-state index contributed by atoms with van der Waals surface area (Å²) in [5, 5.41) is 0.176. The number of hydrogen-bond acceptors (Lipinski definition) is 1. The van der Waals surface area contributed by atoms with Gasteiger partial charge in [0.05, 0.1) is 9.35 Å². The molecule has 0 saturated heterocycles. The third-order valence-corrected chi connectivity index (χ3v) is 6.80. The molecule has 0 aromatic carbocycles. The lowest BCUT2D eigenvalue weighted by Crippen LogP contribution is -2.40. The van der Waals surface area contributed by atoms with Crippen molar-refractivity contribution in [2.24, 2.45) is 0 Å². The average molecular weight is 174 g/mol. The molecule has 2 heteroatoms. The van der Waals surface area contributed by atoms with Crippen molar-refractivity contribution >= 4 is 8.32 Å². The second kappa shape index (κ2) is 3.54. The first-order valence-corrected chi connectivity index (χ1v) is 6.79. The fourth-order valence-electron chi connectivity index (χ4n) is 0.439. The summed E-state index contributed by atoms with van der Waals surface area (Å²) in [6, 6.07) is 0.241. The van der Waals surface area contributed by atoms with Crippen molar-refractivity contribution in [1.82, 2.24) is 0 Å². The van der Waals surface area contributed by atoms with Crippen LogP contribution in [0.15, 0.2) is 12.6 Å². The van der Waals surface area contributed by atoms with Gasteiger partial charge in [-0.05, 0) is 18.1 Å². The Balaban J connectivity index is 4.20. The van der Waals surface area contributed by atoms with Gasteiger partial charge in [0.1, 0.15) is 0 Å². The zero-order valence-electron chi connectivity index (χ0n) is 10.2. The summed E-state index contributed by atoms with van der Waals surface area (Å²) in [6.07, 6.45) is 0. The summed E-state index contributed by atoms with van der Waals surface area (Å²) in [5.41, 5.74) is 0. The highest BCUT2D eigenvalue weighted by molar-refractivity contribution is 6.74. The molecule has 1 nitrogen and oxygen atoms in total. The Hall–Kier alpha value is -0.0831. The molecule has 0 unspecified atom stereocenters. The molecule has 0 aliphatic rings. The lowest BCUT2D eigenvalue weighted by molar-refractivity contribution is 0.328. The van der Waals surface area contributed by atoms with Crippen molar-refractivity contribution in [3.63, 3.8) is 0 Å². The van der Waals surface area contributed by atoms with E-state index in [2.05, 4.69) is 33.9 Å². The van der Waals surface area contributed by atoms with E-state index in [9.17, 15) is 0 Å². The summed E-state index contributed by atoms with van der Waals surface area (Å²) in [7, 11) is -1.73. The van der Waals surface area contributed by atoms with Crippen LogP contribution in [0.4, 0.5) is 0 Å². The smallest absolute Gasteiger partial charge is 0.192 e. The summed E-state index contributed by atoms with van der Waals surface area (Å²) in [5.74, 6) is 0. The minimum atomic E-state index is -1.73. The fraction of sp³-hybridized carbons (Fsp3) is 0.778. The molecule has 0 fully saturated rings. The molecule has 0 rings (SSSR count). The summed E-state index contributed by atoms with van der Waals surface area (Å²) in [4.78, 5) is 0. The van der Waals surface area contributed by atoms with Gasteiger partial charge in [-0.1, -0.05) is 26.8 Å². The third kappa shape index (κ3) is 3.21. The van der Waals surface area contributed by atoms with Crippen LogP contribution in [0, 0.1) is 0 Å². The molecule has 0 atom stereocenters. The van der Waals surface area contributed by atoms with Gasteiger partial charge in [-0.25, -0.2) is 0 Å². The van der Waals surface area contributed by atoms with Crippen molar-refractivity contribution in [1.29, 1.82) is 0 Å². The molecule has 0 saturated carbocycles. The van der Waals surface area contributed by atoms with Crippen LogP contribution in [-0.2, 0) is 4.43 Å². The Morgan fingerprint density at radius 2 is 2.18 bits per heavy atom. The van der Waals surface area contributed by atoms with Gasteiger partial charge in [-0.2, -0.15) is 0 Å². The normalized spacial score (nSPS) is 17.7. The molecule has 0 aromatic heterocycles. The Morgan fingerprint density at radius 3 is 2.55 bits per heavy atom. The number of hydrogen-bond donors (Lipinski definition) is 0. The van der Waals surface area contributed by atoms with Gasteiger partial charge < -0.3 is 4.43 Å². The van der Waals surface area contributed by atoms with E-state index in [4.69, 9.17) is 7.17 Å². The third-order valence-electron chi connectivity index (χ3n) is 2.32. The SMILES string of the molecule is [2H]C=C([2H])CO[Si](C)(C)C(C)(C)C. The highest BCUT2D eigenvalue weighted by Gasteiger charge is 2.36. The van der Waals surface area contributed by atoms with Crippen molar-refractivity contribution in [2.45, 2.75) is 38.9 Å². The van der Waals surface area contributed by atoms with Gasteiger partial charge >= 0.3 is 0 Å². The van der Waals surface area contributed by atoms with Gasteiger partial charge in [0, 0.05) is 0 Å². The standard InChI is InChI=1S/C9H20OSi/c1-7-8-10-11(5,6)9(2,3)4/h7H,1,8H2,2-6H3/i1D,7D. The van der Waals surface area contributed by atoms with E-state index in [0.717, 1.165) is 6.55 Å². The largest absolute Gasteiger partial charge is 0.413 e. The lowest BCUT2D eigenvalue weighted by atomic mass is 10.2. The Kier molecular flexibility index (Phi) is 2.44. The van der Waals surface area contributed by atoms with Gasteiger partial charge in [0.2, 0.25) is 0 Å². The van der Waals surface area contributed by atoms with Crippen LogP contribution >= 0.6 is 0 Å². The molecule has 0 amide bonds. The summed E-state index contributed by atoms with van der Waals surface area (Å²) >= 11 is 0. The van der Waals surface area contributed by atoms with Crippen LogP contribution in [-0.4, -0.2) is 14.9 Å². The molecule has 11 heavy (non-hydrogen) atoms. The van der Waals surface area contributed by atoms with Gasteiger partial charge in [0.15, 0.2) is 8.32 Å². The van der Waals surface area contributed by atoms with E-state index in [0.29, 0.717) is 0 Å². The van der Waals surface area contributed by atoms with Crippen LogP contribution in [0.2, 0.25) is 18.1 Å². The topological polar surface area (TPSA) is 9.23 Å².